The molecular formula is C12H17NO. The molecule has 2 N–H and O–H groups in total. The summed E-state index contributed by atoms with van der Waals surface area (Å²) in [5, 5.41) is 0. The van der Waals surface area contributed by atoms with Crippen LogP contribution in [0.25, 0.3) is 0 Å². The number of benzene rings is 1. The second-order valence-corrected chi connectivity index (χ2v) is 3.35. The number of hydrogen-bond donors (Lipinski definition) is 1. The summed E-state index contributed by atoms with van der Waals surface area (Å²) in [5.41, 5.74) is 8.31. The fourth-order valence-corrected chi connectivity index (χ4v) is 1.50. The van der Waals surface area contributed by atoms with E-state index in [4.69, 9.17) is 10.5 Å². The molecule has 1 atom stereocenters. The Hall–Kier alpha value is -1.28. The van der Waals surface area contributed by atoms with Crippen LogP contribution in [0.5, 0.6) is 5.75 Å². The SMILES string of the molecule is C=CCC(N)c1ccc(OC)cc1C. The zero-order valence-corrected chi connectivity index (χ0v) is 8.79. The smallest absolute Gasteiger partial charge is 0.119 e. The molecule has 0 aromatic heterocycles. The molecule has 0 aliphatic rings. The first-order valence-corrected chi connectivity index (χ1v) is 4.70. The van der Waals surface area contributed by atoms with Crippen molar-refractivity contribution in [2.24, 2.45) is 5.73 Å². The van der Waals surface area contributed by atoms with Crippen molar-refractivity contribution < 1.29 is 4.74 Å². The maximum atomic E-state index is 5.99. The first-order valence-electron chi connectivity index (χ1n) is 4.70. The maximum absolute atomic E-state index is 5.99. The minimum atomic E-state index is 0.0402. The Balaban J connectivity index is 2.93. The standard InChI is InChI=1S/C12H17NO/c1-4-5-12(13)11-7-6-10(14-3)8-9(11)2/h4,6-8,12H,1,5,13H2,2-3H3. The van der Waals surface area contributed by atoms with Gasteiger partial charge in [-0.3, -0.25) is 0 Å². The zero-order chi connectivity index (χ0) is 10.6. The molecule has 2 nitrogen and oxygen atoms in total. The van der Waals surface area contributed by atoms with E-state index in [2.05, 4.69) is 6.58 Å². The summed E-state index contributed by atoms with van der Waals surface area (Å²) >= 11 is 0. The third-order valence-electron chi connectivity index (χ3n) is 2.30. The molecule has 1 aromatic carbocycles. The van der Waals surface area contributed by atoms with E-state index in [1.807, 2.05) is 31.2 Å². The largest absolute Gasteiger partial charge is 0.497 e. The molecule has 1 rings (SSSR count). The number of hydrogen-bond acceptors (Lipinski definition) is 2. The van der Waals surface area contributed by atoms with Crippen molar-refractivity contribution in [3.8, 4) is 5.75 Å². The summed E-state index contributed by atoms with van der Waals surface area (Å²) in [6.45, 7) is 5.73. The first kappa shape index (κ1) is 10.8. The van der Waals surface area contributed by atoms with Crippen LogP contribution < -0.4 is 10.5 Å². The predicted octanol–water partition coefficient (Wildman–Crippen LogP) is 2.58. The van der Waals surface area contributed by atoms with Crippen LogP contribution in [0.3, 0.4) is 0 Å². The highest BCUT2D eigenvalue weighted by atomic mass is 16.5. The molecule has 0 aliphatic heterocycles. The highest BCUT2D eigenvalue weighted by Gasteiger charge is 2.07. The van der Waals surface area contributed by atoms with Gasteiger partial charge in [0.15, 0.2) is 0 Å². The summed E-state index contributed by atoms with van der Waals surface area (Å²) in [6, 6.07) is 5.99. The Kier molecular flexibility index (Phi) is 3.72. The van der Waals surface area contributed by atoms with Crippen LogP contribution in [-0.4, -0.2) is 7.11 Å². The quantitative estimate of drug-likeness (QED) is 0.742. The fraction of sp³-hybridized carbons (Fsp3) is 0.333. The van der Waals surface area contributed by atoms with Crippen LogP contribution in [-0.2, 0) is 0 Å². The third kappa shape index (κ3) is 2.36. The first-order chi connectivity index (χ1) is 6.69. The van der Waals surface area contributed by atoms with Crippen molar-refractivity contribution >= 4 is 0 Å². The molecule has 0 heterocycles. The van der Waals surface area contributed by atoms with Crippen LogP contribution in [0.15, 0.2) is 30.9 Å². The van der Waals surface area contributed by atoms with E-state index in [-0.39, 0.29) is 6.04 Å². The molecule has 0 fully saturated rings. The molecule has 0 amide bonds. The van der Waals surface area contributed by atoms with Crippen molar-refractivity contribution in [2.75, 3.05) is 7.11 Å². The Labute approximate surface area is 85.4 Å². The fourth-order valence-electron chi connectivity index (χ4n) is 1.50. The van der Waals surface area contributed by atoms with Crippen LogP contribution >= 0.6 is 0 Å². The van der Waals surface area contributed by atoms with Gasteiger partial charge in [0.25, 0.3) is 0 Å². The molecule has 0 saturated heterocycles. The van der Waals surface area contributed by atoms with Crippen molar-refractivity contribution in [3.05, 3.63) is 42.0 Å². The minimum absolute atomic E-state index is 0.0402. The average Bonchev–Trinajstić information content (AvgIpc) is 2.17. The molecule has 0 spiro atoms. The van der Waals surface area contributed by atoms with Gasteiger partial charge in [-0.25, -0.2) is 0 Å². The van der Waals surface area contributed by atoms with Gasteiger partial charge in [-0.1, -0.05) is 12.1 Å². The molecule has 0 saturated carbocycles. The minimum Gasteiger partial charge on any atom is -0.497 e. The van der Waals surface area contributed by atoms with E-state index in [1.54, 1.807) is 7.11 Å². The predicted molar refractivity (Wildman–Crippen MR) is 59.5 cm³/mol. The highest BCUT2D eigenvalue weighted by molar-refractivity contribution is 5.36. The van der Waals surface area contributed by atoms with Crippen molar-refractivity contribution in [1.29, 1.82) is 0 Å². The van der Waals surface area contributed by atoms with Gasteiger partial charge in [0.2, 0.25) is 0 Å². The molecular weight excluding hydrogens is 174 g/mol. The van der Waals surface area contributed by atoms with Crippen molar-refractivity contribution in [2.45, 2.75) is 19.4 Å². The number of aryl methyl sites for hydroxylation is 1. The van der Waals surface area contributed by atoms with Gasteiger partial charge in [-0.05, 0) is 36.6 Å². The molecule has 0 radical (unpaired) electrons. The van der Waals surface area contributed by atoms with Gasteiger partial charge in [0.1, 0.15) is 5.75 Å². The Morgan fingerprint density at radius 1 is 1.57 bits per heavy atom. The second kappa shape index (κ2) is 4.82. The second-order valence-electron chi connectivity index (χ2n) is 3.35. The van der Waals surface area contributed by atoms with Gasteiger partial charge in [0, 0.05) is 6.04 Å². The lowest BCUT2D eigenvalue weighted by atomic mass is 9.99. The number of nitrogens with two attached hydrogens (primary N) is 1. The molecule has 0 aliphatic carbocycles. The lowest BCUT2D eigenvalue weighted by Crippen LogP contribution is -2.10. The Morgan fingerprint density at radius 3 is 2.79 bits per heavy atom. The number of methoxy groups -OCH3 is 1. The van der Waals surface area contributed by atoms with Crippen LogP contribution in [0, 0.1) is 6.92 Å². The molecule has 2 heteroatoms. The summed E-state index contributed by atoms with van der Waals surface area (Å²) in [6.07, 6.45) is 2.64. The van der Waals surface area contributed by atoms with Crippen molar-refractivity contribution in [1.82, 2.24) is 0 Å². The Morgan fingerprint density at radius 2 is 2.29 bits per heavy atom. The van der Waals surface area contributed by atoms with E-state index >= 15 is 0 Å². The van der Waals surface area contributed by atoms with Gasteiger partial charge in [-0.2, -0.15) is 0 Å². The number of ether oxygens (including phenoxy) is 1. The summed E-state index contributed by atoms with van der Waals surface area (Å²) in [4.78, 5) is 0. The molecule has 1 aromatic rings. The van der Waals surface area contributed by atoms with Gasteiger partial charge >= 0.3 is 0 Å². The lowest BCUT2D eigenvalue weighted by Gasteiger charge is -2.13. The monoisotopic (exact) mass is 191 g/mol. The van der Waals surface area contributed by atoms with E-state index in [0.717, 1.165) is 17.7 Å². The zero-order valence-electron chi connectivity index (χ0n) is 8.79. The lowest BCUT2D eigenvalue weighted by molar-refractivity contribution is 0.414. The third-order valence-corrected chi connectivity index (χ3v) is 2.30. The number of rotatable bonds is 4. The van der Waals surface area contributed by atoms with Crippen molar-refractivity contribution in [3.63, 3.8) is 0 Å². The highest BCUT2D eigenvalue weighted by Crippen LogP contribution is 2.22. The Bertz CT molecular complexity index is 320. The molecule has 1 unspecified atom stereocenters. The van der Waals surface area contributed by atoms with Crippen LogP contribution in [0.4, 0.5) is 0 Å². The van der Waals surface area contributed by atoms with E-state index in [0.29, 0.717) is 0 Å². The van der Waals surface area contributed by atoms with E-state index < -0.39 is 0 Å². The van der Waals surface area contributed by atoms with E-state index in [9.17, 15) is 0 Å². The molecule has 76 valence electrons. The average molecular weight is 191 g/mol. The normalized spacial score (nSPS) is 12.2. The van der Waals surface area contributed by atoms with Gasteiger partial charge in [-0.15, -0.1) is 6.58 Å². The molecule has 14 heavy (non-hydrogen) atoms. The van der Waals surface area contributed by atoms with E-state index in [1.165, 1.54) is 5.56 Å². The molecule has 0 bridgehead atoms. The van der Waals surface area contributed by atoms with Gasteiger partial charge in [0.05, 0.1) is 7.11 Å². The van der Waals surface area contributed by atoms with Crippen LogP contribution in [0.1, 0.15) is 23.6 Å². The maximum Gasteiger partial charge on any atom is 0.119 e. The summed E-state index contributed by atoms with van der Waals surface area (Å²) < 4.78 is 5.13. The summed E-state index contributed by atoms with van der Waals surface area (Å²) in [5.74, 6) is 0.872. The van der Waals surface area contributed by atoms with Crippen LogP contribution in [0.2, 0.25) is 0 Å². The summed E-state index contributed by atoms with van der Waals surface area (Å²) in [7, 11) is 1.66. The van der Waals surface area contributed by atoms with Gasteiger partial charge < -0.3 is 10.5 Å². The topological polar surface area (TPSA) is 35.2 Å².